The molecule has 0 fully saturated rings. The van der Waals surface area contributed by atoms with Gasteiger partial charge in [-0.05, 0) is 11.5 Å². The lowest BCUT2D eigenvalue weighted by atomic mass is 10.1. The van der Waals surface area contributed by atoms with Crippen LogP contribution in [0.4, 0.5) is 0 Å². The van der Waals surface area contributed by atoms with E-state index in [1.165, 1.54) is 12.1 Å². The number of aromatic hydroxyl groups is 1. The van der Waals surface area contributed by atoms with E-state index >= 15 is 0 Å². The van der Waals surface area contributed by atoms with Crippen LogP contribution in [0.5, 0.6) is 5.75 Å². The Morgan fingerprint density at radius 3 is 2.07 bits per heavy atom. The van der Waals surface area contributed by atoms with Gasteiger partial charge in [0.15, 0.2) is 12.1 Å². The van der Waals surface area contributed by atoms with Gasteiger partial charge in [0.05, 0.1) is 0 Å². The fraction of sp³-hybridized carbons (Fsp3) is 0. The van der Waals surface area contributed by atoms with Crippen molar-refractivity contribution in [3.8, 4) is 17.9 Å². The van der Waals surface area contributed by atoms with Gasteiger partial charge in [-0.2, -0.15) is 10.5 Å². The first-order valence-corrected chi connectivity index (χ1v) is 4.24. The molecule has 3 nitrogen and oxygen atoms in total. The molecule has 3 heteroatoms. The van der Waals surface area contributed by atoms with Crippen molar-refractivity contribution in [2.75, 3.05) is 0 Å². The number of nitriles is 2. The quantitative estimate of drug-likeness (QED) is 0.704. The second-order valence-corrected chi connectivity index (χ2v) is 2.72. The lowest BCUT2D eigenvalue weighted by Crippen LogP contribution is -1.70. The molecule has 0 spiro atoms. The van der Waals surface area contributed by atoms with Gasteiger partial charge in [-0.25, -0.2) is 0 Å². The third-order valence-corrected chi connectivity index (χ3v) is 1.82. The van der Waals surface area contributed by atoms with Crippen LogP contribution in [0.15, 0.2) is 42.5 Å². The maximum absolute atomic E-state index is 9.37. The highest BCUT2D eigenvalue weighted by Crippen LogP contribution is 2.22. The smallest absolute Gasteiger partial charge is 0.181 e. The van der Waals surface area contributed by atoms with E-state index in [2.05, 4.69) is 0 Å². The number of benzene rings is 2. The van der Waals surface area contributed by atoms with Gasteiger partial charge in [0, 0.05) is 5.39 Å². The molecule has 0 amide bonds. The van der Waals surface area contributed by atoms with Crippen LogP contribution in [0.1, 0.15) is 0 Å². The van der Waals surface area contributed by atoms with Gasteiger partial charge < -0.3 is 5.11 Å². The van der Waals surface area contributed by atoms with E-state index in [1.807, 2.05) is 36.4 Å². The Balaban J connectivity index is 0.000000245. The highest BCUT2D eigenvalue weighted by Gasteiger charge is 1.94. The standard InChI is InChI=1S/C10H8O.C2N2/c11-10-7-3-5-8-4-1-2-6-9(8)10;3-1-2-4/h1-7,11H;. The van der Waals surface area contributed by atoms with Gasteiger partial charge in [-0.1, -0.05) is 36.4 Å². The van der Waals surface area contributed by atoms with E-state index in [0.717, 1.165) is 10.8 Å². The number of rotatable bonds is 0. The predicted octanol–water partition coefficient (Wildman–Crippen LogP) is 2.58. The van der Waals surface area contributed by atoms with Gasteiger partial charge in [-0.15, -0.1) is 0 Å². The van der Waals surface area contributed by atoms with Crippen LogP contribution < -0.4 is 0 Å². The molecule has 2 aromatic rings. The Kier molecular flexibility index (Phi) is 3.70. The van der Waals surface area contributed by atoms with Crippen LogP contribution in [0.3, 0.4) is 0 Å². The van der Waals surface area contributed by atoms with Crippen LogP contribution >= 0.6 is 0 Å². The van der Waals surface area contributed by atoms with Gasteiger partial charge in [-0.3, -0.25) is 0 Å². The lowest BCUT2D eigenvalue weighted by molar-refractivity contribution is 0.481. The fourth-order valence-electron chi connectivity index (χ4n) is 1.21. The summed E-state index contributed by atoms with van der Waals surface area (Å²) < 4.78 is 0. The summed E-state index contributed by atoms with van der Waals surface area (Å²) in [5.41, 5.74) is 0. The summed E-state index contributed by atoms with van der Waals surface area (Å²) in [4.78, 5) is 0. The zero-order valence-corrected chi connectivity index (χ0v) is 7.88. The molecule has 0 bridgehead atoms. The minimum atomic E-state index is 0.350. The number of hydrogen-bond acceptors (Lipinski definition) is 3. The van der Waals surface area contributed by atoms with Gasteiger partial charge in [0.1, 0.15) is 5.75 Å². The molecule has 2 aromatic carbocycles. The molecule has 2 rings (SSSR count). The van der Waals surface area contributed by atoms with E-state index in [1.54, 1.807) is 6.07 Å². The van der Waals surface area contributed by atoms with E-state index in [-0.39, 0.29) is 0 Å². The summed E-state index contributed by atoms with van der Waals surface area (Å²) >= 11 is 0. The zero-order valence-electron chi connectivity index (χ0n) is 7.88. The Hall–Kier alpha value is -2.52. The largest absolute Gasteiger partial charge is 0.507 e. The van der Waals surface area contributed by atoms with Crippen molar-refractivity contribution in [3.63, 3.8) is 0 Å². The number of phenolic OH excluding ortho intramolecular Hbond substituents is 1. The second-order valence-electron chi connectivity index (χ2n) is 2.72. The molecule has 0 radical (unpaired) electrons. The highest BCUT2D eigenvalue weighted by atomic mass is 16.3. The van der Waals surface area contributed by atoms with Crippen molar-refractivity contribution in [2.45, 2.75) is 0 Å². The minimum absolute atomic E-state index is 0.350. The van der Waals surface area contributed by atoms with Gasteiger partial charge in [0.25, 0.3) is 0 Å². The molecule has 0 saturated carbocycles. The number of phenols is 1. The SMILES string of the molecule is N#CC#N.Oc1cccc2ccccc12. The second kappa shape index (κ2) is 5.26. The van der Waals surface area contributed by atoms with Gasteiger partial charge >= 0.3 is 0 Å². The van der Waals surface area contributed by atoms with E-state index in [9.17, 15) is 5.11 Å². The first kappa shape index (κ1) is 10.6. The molecule has 0 aliphatic rings. The maximum Gasteiger partial charge on any atom is 0.181 e. The molecule has 0 unspecified atom stereocenters. The van der Waals surface area contributed by atoms with Crippen molar-refractivity contribution >= 4 is 10.8 Å². The summed E-state index contributed by atoms with van der Waals surface area (Å²) in [5.74, 6) is 0.350. The summed E-state index contributed by atoms with van der Waals surface area (Å²) in [6.45, 7) is 0. The topological polar surface area (TPSA) is 67.8 Å². The lowest BCUT2D eigenvalue weighted by Gasteiger charge is -1.97. The fourth-order valence-corrected chi connectivity index (χ4v) is 1.21. The van der Waals surface area contributed by atoms with E-state index in [0.29, 0.717) is 5.75 Å². The molecule has 0 aromatic heterocycles. The first-order chi connectivity index (χ1) is 7.29. The summed E-state index contributed by atoms with van der Waals surface area (Å²) in [7, 11) is 0. The molecule has 0 aliphatic carbocycles. The van der Waals surface area contributed by atoms with Crippen molar-refractivity contribution in [1.29, 1.82) is 10.5 Å². The molecule has 72 valence electrons. The Bertz CT molecular complexity index is 518. The van der Waals surface area contributed by atoms with E-state index < -0.39 is 0 Å². The maximum atomic E-state index is 9.37. The molecular formula is C12H8N2O. The van der Waals surface area contributed by atoms with Crippen LogP contribution in [0, 0.1) is 22.7 Å². The summed E-state index contributed by atoms with van der Waals surface area (Å²) in [6, 6.07) is 15.8. The van der Waals surface area contributed by atoms with Gasteiger partial charge in [0.2, 0.25) is 0 Å². The highest BCUT2D eigenvalue weighted by molar-refractivity contribution is 5.87. The Labute approximate surface area is 87.4 Å². The van der Waals surface area contributed by atoms with Crippen molar-refractivity contribution < 1.29 is 5.11 Å². The third kappa shape index (κ3) is 2.72. The average molecular weight is 196 g/mol. The molecule has 0 saturated heterocycles. The van der Waals surface area contributed by atoms with Crippen molar-refractivity contribution in [2.24, 2.45) is 0 Å². The van der Waals surface area contributed by atoms with Crippen LogP contribution in [-0.4, -0.2) is 5.11 Å². The Morgan fingerprint density at radius 2 is 1.47 bits per heavy atom. The van der Waals surface area contributed by atoms with E-state index in [4.69, 9.17) is 10.5 Å². The number of nitrogens with zero attached hydrogens (tertiary/aromatic N) is 2. The average Bonchev–Trinajstić information content (AvgIpc) is 2.30. The van der Waals surface area contributed by atoms with Crippen molar-refractivity contribution in [1.82, 2.24) is 0 Å². The monoisotopic (exact) mass is 196 g/mol. The third-order valence-electron chi connectivity index (χ3n) is 1.82. The summed E-state index contributed by atoms with van der Waals surface area (Å²) in [5, 5.41) is 25.9. The molecule has 0 aliphatic heterocycles. The molecule has 0 atom stereocenters. The molecule has 0 heterocycles. The van der Waals surface area contributed by atoms with Crippen LogP contribution in [-0.2, 0) is 0 Å². The van der Waals surface area contributed by atoms with Crippen molar-refractivity contribution in [3.05, 3.63) is 42.5 Å². The molecule has 1 N–H and O–H groups in total. The number of fused-ring (bicyclic) bond motifs is 1. The zero-order chi connectivity index (χ0) is 11.1. The Morgan fingerprint density at radius 1 is 0.867 bits per heavy atom. The van der Waals surface area contributed by atoms with Crippen LogP contribution in [0.25, 0.3) is 10.8 Å². The minimum Gasteiger partial charge on any atom is -0.507 e. The molecule has 15 heavy (non-hydrogen) atoms. The predicted molar refractivity (Wildman–Crippen MR) is 56.8 cm³/mol. The summed E-state index contributed by atoms with van der Waals surface area (Å²) in [6.07, 6.45) is 0. The molecular weight excluding hydrogens is 188 g/mol. The van der Waals surface area contributed by atoms with Crippen LogP contribution in [0.2, 0.25) is 0 Å². The number of hydrogen-bond donors (Lipinski definition) is 1. The first-order valence-electron chi connectivity index (χ1n) is 4.24. The normalized spacial score (nSPS) is 8.13.